The molecule has 0 saturated carbocycles. The lowest BCUT2D eigenvalue weighted by Gasteiger charge is -2.32. The number of hydrogen-bond donors (Lipinski definition) is 1. The number of piperidine rings is 1. The number of rotatable bonds is 8. The Bertz CT molecular complexity index is 1040. The van der Waals surface area contributed by atoms with Crippen LogP contribution < -0.4 is 14.2 Å². The Morgan fingerprint density at radius 3 is 2.97 bits per heavy atom. The van der Waals surface area contributed by atoms with Crippen molar-refractivity contribution in [1.82, 2.24) is 9.88 Å². The molecule has 0 aliphatic carbocycles. The molecule has 2 aliphatic heterocycles. The summed E-state index contributed by atoms with van der Waals surface area (Å²) in [6, 6.07) is 7.57. The monoisotopic (exact) mass is 472 g/mol. The highest BCUT2D eigenvalue weighted by atomic mass is 35.5. The lowest BCUT2D eigenvalue weighted by Crippen LogP contribution is -2.40. The third-order valence-corrected chi connectivity index (χ3v) is 5.93. The van der Waals surface area contributed by atoms with Gasteiger partial charge in [-0.1, -0.05) is 11.6 Å². The molecule has 0 bridgehead atoms. The second-order valence-electron chi connectivity index (χ2n) is 8.79. The minimum atomic E-state index is -0.704. The predicted octanol–water partition coefficient (Wildman–Crippen LogP) is 4.67. The Kier molecular flexibility index (Phi) is 7.40. The molecule has 4 rings (SSSR count). The van der Waals surface area contributed by atoms with Crippen LogP contribution in [0.5, 0.6) is 17.4 Å². The summed E-state index contributed by atoms with van der Waals surface area (Å²) in [5.41, 5.74) is 2.99. The van der Waals surface area contributed by atoms with Gasteiger partial charge in [-0.05, 0) is 63.1 Å². The predicted molar refractivity (Wildman–Crippen MR) is 126 cm³/mol. The smallest absolute Gasteiger partial charge is 0.307 e. The summed E-state index contributed by atoms with van der Waals surface area (Å²) in [5, 5.41) is 9.76. The highest BCUT2D eigenvalue weighted by Gasteiger charge is 2.26. The minimum absolute atomic E-state index is 0.00340. The van der Waals surface area contributed by atoms with Crippen LogP contribution in [0, 0.1) is 5.92 Å². The quantitative estimate of drug-likeness (QED) is 0.597. The van der Waals surface area contributed by atoms with E-state index in [1.54, 1.807) is 12.3 Å². The van der Waals surface area contributed by atoms with Gasteiger partial charge in [-0.15, -0.1) is 0 Å². The van der Waals surface area contributed by atoms with E-state index in [4.69, 9.17) is 25.8 Å². The number of hydrogen-bond acceptors (Lipinski definition) is 6. The van der Waals surface area contributed by atoms with Crippen LogP contribution in [0.25, 0.3) is 6.08 Å². The average Bonchev–Trinajstić information content (AvgIpc) is 2.79. The molecule has 0 amide bonds. The zero-order chi connectivity index (χ0) is 23.4. The number of fused-ring (bicyclic) bond motifs is 1. The van der Waals surface area contributed by atoms with E-state index >= 15 is 0 Å². The molecule has 33 heavy (non-hydrogen) atoms. The van der Waals surface area contributed by atoms with E-state index in [0.29, 0.717) is 36.4 Å². The van der Waals surface area contributed by atoms with Gasteiger partial charge in [-0.2, -0.15) is 0 Å². The van der Waals surface area contributed by atoms with E-state index in [9.17, 15) is 9.90 Å². The molecule has 3 heterocycles. The van der Waals surface area contributed by atoms with E-state index in [1.807, 2.05) is 32.0 Å². The zero-order valence-corrected chi connectivity index (χ0v) is 19.7. The van der Waals surface area contributed by atoms with Crippen molar-refractivity contribution >= 4 is 23.6 Å². The SMILES string of the molecule is CC(C)Oc1ncc(COc2ccc3c(c2)OCC(CN2CCC[C@@H](C(=O)O)C2)=C3)cc1Cl. The number of carboxylic acid groups (broad SMARTS) is 1. The van der Waals surface area contributed by atoms with Crippen molar-refractivity contribution in [2.45, 2.75) is 39.4 Å². The molecule has 1 N–H and O–H groups in total. The number of aliphatic carboxylic acids is 1. The lowest BCUT2D eigenvalue weighted by atomic mass is 9.97. The second-order valence-corrected chi connectivity index (χ2v) is 9.20. The summed E-state index contributed by atoms with van der Waals surface area (Å²) in [7, 11) is 0. The molecule has 176 valence electrons. The molecule has 8 heteroatoms. The number of likely N-dealkylation sites (tertiary alicyclic amines) is 1. The number of nitrogens with zero attached hydrogens (tertiary/aromatic N) is 2. The molecule has 1 aromatic carbocycles. The number of halogens is 1. The highest BCUT2D eigenvalue weighted by Crippen LogP contribution is 2.32. The van der Waals surface area contributed by atoms with Gasteiger partial charge in [-0.25, -0.2) is 4.98 Å². The molecule has 2 aliphatic rings. The van der Waals surface area contributed by atoms with Gasteiger partial charge in [0.2, 0.25) is 5.88 Å². The van der Waals surface area contributed by atoms with Gasteiger partial charge in [0.05, 0.1) is 12.0 Å². The van der Waals surface area contributed by atoms with Gasteiger partial charge in [0.1, 0.15) is 29.7 Å². The fourth-order valence-corrected chi connectivity index (χ4v) is 4.31. The van der Waals surface area contributed by atoms with Crippen molar-refractivity contribution < 1.29 is 24.1 Å². The third-order valence-electron chi connectivity index (χ3n) is 5.66. The van der Waals surface area contributed by atoms with Crippen LogP contribution in [0.1, 0.15) is 37.8 Å². The van der Waals surface area contributed by atoms with E-state index in [0.717, 1.165) is 48.4 Å². The number of carbonyl (C=O) groups is 1. The van der Waals surface area contributed by atoms with Crippen molar-refractivity contribution in [2.75, 3.05) is 26.2 Å². The molecule has 1 aromatic heterocycles. The molecular weight excluding hydrogens is 444 g/mol. The van der Waals surface area contributed by atoms with E-state index in [-0.39, 0.29) is 12.0 Å². The molecule has 1 fully saturated rings. The topological polar surface area (TPSA) is 81.1 Å². The van der Waals surface area contributed by atoms with Crippen LogP contribution in [0.4, 0.5) is 0 Å². The lowest BCUT2D eigenvalue weighted by molar-refractivity contribution is -0.143. The molecule has 0 unspecified atom stereocenters. The minimum Gasteiger partial charge on any atom is -0.489 e. The van der Waals surface area contributed by atoms with E-state index in [1.165, 1.54) is 0 Å². The van der Waals surface area contributed by atoms with Crippen molar-refractivity contribution in [3.8, 4) is 17.4 Å². The fraction of sp³-hybridized carbons (Fsp3) is 0.440. The highest BCUT2D eigenvalue weighted by molar-refractivity contribution is 6.31. The van der Waals surface area contributed by atoms with Gasteiger partial charge in [0, 0.05) is 36.5 Å². The van der Waals surface area contributed by atoms with Gasteiger partial charge >= 0.3 is 5.97 Å². The van der Waals surface area contributed by atoms with Crippen molar-refractivity contribution in [1.29, 1.82) is 0 Å². The molecular formula is C25H29ClN2O5. The van der Waals surface area contributed by atoms with Gasteiger partial charge in [-0.3, -0.25) is 9.69 Å². The Balaban J connectivity index is 1.35. The Morgan fingerprint density at radius 1 is 1.36 bits per heavy atom. The Morgan fingerprint density at radius 2 is 2.21 bits per heavy atom. The number of pyridine rings is 1. The van der Waals surface area contributed by atoms with Crippen LogP contribution in [0.2, 0.25) is 5.02 Å². The van der Waals surface area contributed by atoms with Crippen molar-refractivity contribution in [2.24, 2.45) is 5.92 Å². The first-order valence-corrected chi connectivity index (χ1v) is 11.6. The normalized spacial score (nSPS) is 18.3. The van der Waals surface area contributed by atoms with E-state index in [2.05, 4.69) is 16.0 Å². The first-order chi connectivity index (χ1) is 15.9. The molecule has 0 radical (unpaired) electrons. The summed E-state index contributed by atoms with van der Waals surface area (Å²) in [4.78, 5) is 17.8. The van der Waals surface area contributed by atoms with Crippen molar-refractivity contribution in [3.63, 3.8) is 0 Å². The largest absolute Gasteiger partial charge is 0.489 e. The maximum Gasteiger partial charge on any atom is 0.307 e. The number of benzene rings is 1. The van der Waals surface area contributed by atoms with E-state index < -0.39 is 5.97 Å². The zero-order valence-electron chi connectivity index (χ0n) is 18.9. The standard InChI is InChI=1S/C25H29ClN2O5/c1-16(2)33-24-22(26)9-17(11-27-24)14-31-21-6-5-19-8-18(15-32-23(19)10-21)12-28-7-3-4-20(13-28)25(29)30/h5-6,8-11,16,20H,3-4,7,12-15H2,1-2H3,(H,29,30)/t20-/m1/s1. The summed E-state index contributed by atoms with van der Waals surface area (Å²) < 4.78 is 17.5. The molecule has 2 aromatic rings. The van der Waals surface area contributed by atoms with Gasteiger partial charge in [0.15, 0.2) is 0 Å². The molecule has 1 saturated heterocycles. The average molecular weight is 473 g/mol. The summed E-state index contributed by atoms with van der Waals surface area (Å²) in [6.07, 6.45) is 5.50. The Labute approximate surface area is 198 Å². The molecule has 1 atom stereocenters. The fourth-order valence-electron chi connectivity index (χ4n) is 4.08. The van der Waals surface area contributed by atoms with Crippen LogP contribution >= 0.6 is 11.6 Å². The van der Waals surface area contributed by atoms with Crippen LogP contribution in [-0.2, 0) is 11.4 Å². The van der Waals surface area contributed by atoms with Crippen LogP contribution in [0.15, 0.2) is 36.0 Å². The van der Waals surface area contributed by atoms with Crippen molar-refractivity contribution in [3.05, 3.63) is 52.2 Å². The first kappa shape index (κ1) is 23.4. The summed E-state index contributed by atoms with van der Waals surface area (Å²) in [6.45, 7) is 6.91. The summed E-state index contributed by atoms with van der Waals surface area (Å²) >= 11 is 6.25. The van der Waals surface area contributed by atoms with Crippen LogP contribution in [-0.4, -0.2) is 53.3 Å². The summed E-state index contributed by atoms with van der Waals surface area (Å²) in [5.74, 6) is 0.909. The third kappa shape index (κ3) is 6.18. The molecule has 7 nitrogen and oxygen atoms in total. The molecule has 0 spiro atoms. The first-order valence-electron chi connectivity index (χ1n) is 11.2. The number of ether oxygens (including phenoxy) is 3. The maximum absolute atomic E-state index is 11.3. The number of carboxylic acids is 1. The number of aromatic nitrogens is 1. The maximum atomic E-state index is 11.3. The van der Waals surface area contributed by atoms with Gasteiger partial charge < -0.3 is 19.3 Å². The Hall–Kier alpha value is -2.77. The van der Waals surface area contributed by atoms with Gasteiger partial charge in [0.25, 0.3) is 0 Å². The second kappa shape index (κ2) is 10.4. The van der Waals surface area contributed by atoms with Crippen LogP contribution in [0.3, 0.4) is 0 Å².